The van der Waals surface area contributed by atoms with Crippen LogP contribution in [0, 0.1) is 0 Å². The van der Waals surface area contributed by atoms with Crippen LogP contribution < -0.4 is 5.73 Å². The van der Waals surface area contributed by atoms with Crippen molar-refractivity contribution in [3.05, 3.63) is 12.2 Å². The van der Waals surface area contributed by atoms with E-state index in [0.717, 1.165) is 19.3 Å². The Hall–Kier alpha value is -0.870. The van der Waals surface area contributed by atoms with E-state index in [2.05, 4.69) is 26.0 Å². The van der Waals surface area contributed by atoms with Gasteiger partial charge in [-0.3, -0.25) is 9.69 Å². The van der Waals surface area contributed by atoms with Crippen LogP contribution >= 0.6 is 0 Å². The zero-order chi connectivity index (χ0) is 20.8. The number of allylic oxidation sites excluding steroid dienone is 2. The molecule has 0 aromatic rings. The molecule has 162 valence electrons. The van der Waals surface area contributed by atoms with E-state index in [4.69, 9.17) is 10.8 Å². The minimum absolute atomic E-state index is 0.236. The van der Waals surface area contributed by atoms with E-state index in [-0.39, 0.29) is 6.17 Å². The zero-order valence-electron chi connectivity index (χ0n) is 18.7. The summed E-state index contributed by atoms with van der Waals surface area (Å²) in [5.74, 6) is -0.664. The van der Waals surface area contributed by atoms with Crippen LogP contribution in [-0.2, 0) is 4.79 Å². The number of rotatable bonds is 17. The van der Waals surface area contributed by atoms with Gasteiger partial charge in [0.1, 0.15) is 0 Å². The molecular weight excluding hydrogens is 336 g/mol. The largest absolute Gasteiger partial charge is 0.481 e. The Labute approximate surface area is 169 Å². The summed E-state index contributed by atoms with van der Waals surface area (Å²) >= 11 is 0. The van der Waals surface area contributed by atoms with E-state index < -0.39 is 5.97 Å². The van der Waals surface area contributed by atoms with E-state index in [9.17, 15) is 4.79 Å². The van der Waals surface area contributed by atoms with Crippen LogP contribution in [-0.4, -0.2) is 36.2 Å². The van der Waals surface area contributed by atoms with Crippen molar-refractivity contribution in [1.29, 1.82) is 0 Å². The normalized spacial score (nSPS) is 12.2. The maximum absolute atomic E-state index is 10.3. The Morgan fingerprint density at radius 2 is 1.30 bits per heavy atom. The summed E-state index contributed by atoms with van der Waals surface area (Å²) < 4.78 is 0. The second-order valence-electron chi connectivity index (χ2n) is 7.67. The third kappa shape index (κ3) is 27.5. The second-order valence-corrected chi connectivity index (χ2v) is 7.67. The van der Waals surface area contributed by atoms with Crippen molar-refractivity contribution in [2.45, 2.75) is 116 Å². The number of carbonyl (C=O) groups is 1. The first-order chi connectivity index (χ1) is 13.0. The molecule has 0 spiro atoms. The highest BCUT2D eigenvalue weighted by atomic mass is 16.4. The standard InChI is InChI=1S/C18H34O2.C5H14N2/c1-2-3-4-5-6-7-8-9-10-11-12-13-14-15-16-17-18(19)20;1-4-5(6)7(2)3/h9-10H,2-8,11-17H2,1H3,(H,19,20);5H,4,6H2,1-3H3/b10-9-;. The number of carboxylic acid groups (broad SMARTS) is 1. The molecule has 0 aliphatic rings. The molecule has 0 aromatic carbocycles. The van der Waals surface area contributed by atoms with Crippen molar-refractivity contribution < 1.29 is 9.90 Å². The predicted octanol–water partition coefficient (Wildman–Crippen LogP) is 6.35. The monoisotopic (exact) mass is 384 g/mol. The van der Waals surface area contributed by atoms with Gasteiger partial charge in [0.25, 0.3) is 0 Å². The second kappa shape index (κ2) is 23.2. The molecule has 4 nitrogen and oxygen atoms in total. The lowest BCUT2D eigenvalue weighted by Gasteiger charge is -2.16. The van der Waals surface area contributed by atoms with E-state index in [1.54, 1.807) is 0 Å². The highest BCUT2D eigenvalue weighted by Gasteiger charge is 1.97. The lowest BCUT2D eigenvalue weighted by molar-refractivity contribution is -0.137. The van der Waals surface area contributed by atoms with Gasteiger partial charge < -0.3 is 10.8 Å². The molecule has 0 aliphatic heterocycles. The van der Waals surface area contributed by atoms with Gasteiger partial charge in [0, 0.05) is 6.42 Å². The summed E-state index contributed by atoms with van der Waals surface area (Å²) in [5, 5.41) is 8.51. The van der Waals surface area contributed by atoms with Crippen LogP contribution in [0.3, 0.4) is 0 Å². The van der Waals surface area contributed by atoms with E-state index in [1.807, 2.05) is 19.0 Å². The summed E-state index contributed by atoms with van der Waals surface area (Å²) in [7, 11) is 3.96. The molecule has 1 unspecified atom stereocenters. The lowest BCUT2D eigenvalue weighted by Crippen LogP contribution is -2.35. The Bertz CT molecular complexity index is 330. The Kier molecular flexibility index (Phi) is 24.3. The molecule has 0 aliphatic carbocycles. The summed E-state index contributed by atoms with van der Waals surface area (Å²) in [4.78, 5) is 12.3. The van der Waals surface area contributed by atoms with Crippen LogP contribution in [0.5, 0.6) is 0 Å². The van der Waals surface area contributed by atoms with Gasteiger partial charge in [-0.15, -0.1) is 0 Å². The summed E-state index contributed by atoms with van der Waals surface area (Å²) in [5.41, 5.74) is 5.54. The maximum atomic E-state index is 10.3. The minimum atomic E-state index is -0.664. The van der Waals surface area contributed by atoms with Gasteiger partial charge in [0.2, 0.25) is 0 Å². The van der Waals surface area contributed by atoms with Gasteiger partial charge in [0.15, 0.2) is 0 Å². The third-order valence-corrected chi connectivity index (χ3v) is 4.73. The van der Waals surface area contributed by atoms with Crippen LogP contribution in [0.4, 0.5) is 0 Å². The van der Waals surface area contributed by atoms with Gasteiger partial charge >= 0.3 is 5.97 Å². The number of nitrogens with zero attached hydrogens (tertiary/aromatic N) is 1. The third-order valence-electron chi connectivity index (χ3n) is 4.73. The molecule has 27 heavy (non-hydrogen) atoms. The Balaban J connectivity index is 0. The molecule has 0 bridgehead atoms. The number of nitrogens with two attached hydrogens (primary N) is 1. The lowest BCUT2D eigenvalue weighted by atomic mass is 10.1. The zero-order valence-corrected chi connectivity index (χ0v) is 18.7. The fourth-order valence-corrected chi connectivity index (χ4v) is 2.71. The fraction of sp³-hybridized carbons (Fsp3) is 0.870. The molecule has 1 atom stereocenters. The van der Waals surface area contributed by atoms with Gasteiger partial charge in [-0.2, -0.15) is 0 Å². The van der Waals surface area contributed by atoms with E-state index in [0.29, 0.717) is 6.42 Å². The minimum Gasteiger partial charge on any atom is -0.481 e. The average Bonchev–Trinajstić information content (AvgIpc) is 2.64. The fourth-order valence-electron chi connectivity index (χ4n) is 2.71. The molecule has 0 radical (unpaired) electrons. The SMILES string of the molecule is CCC(N)N(C)C.CCCCCCCC/C=C\CCCCCCCC(=O)O. The number of hydrogen-bond donors (Lipinski definition) is 2. The molecule has 0 heterocycles. The van der Waals surface area contributed by atoms with E-state index in [1.165, 1.54) is 70.6 Å². The molecule has 4 heteroatoms. The average molecular weight is 385 g/mol. The van der Waals surface area contributed by atoms with Crippen molar-refractivity contribution in [1.82, 2.24) is 4.90 Å². The maximum Gasteiger partial charge on any atom is 0.303 e. The molecule has 0 saturated heterocycles. The van der Waals surface area contributed by atoms with Crippen molar-refractivity contribution in [3.63, 3.8) is 0 Å². The quantitative estimate of drug-likeness (QED) is 0.174. The first kappa shape index (κ1) is 28.3. The number of carboxylic acids is 1. The van der Waals surface area contributed by atoms with E-state index >= 15 is 0 Å². The predicted molar refractivity (Wildman–Crippen MR) is 119 cm³/mol. The van der Waals surface area contributed by atoms with Crippen LogP contribution in [0.15, 0.2) is 12.2 Å². The number of hydrogen-bond acceptors (Lipinski definition) is 3. The highest BCUT2D eigenvalue weighted by molar-refractivity contribution is 5.66. The first-order valence-corrected chi connectivity index (χ1v) is 11.2. The molecule has 0 rings (SSSR count). The van der Waals surface area contributed by atoms with Gasteiger partial charge in [-0.05, 0) is 52.6 Å². The van der Waals surface area contributed by atoms with Crippen molar-refractivity contribution in [2.75, 3.05) is 14.1 Å². The number of unbranched alkanes of at least 4 members (excludes halogenated alkanes) is 11. The van der Waals surface area contributed by atoms with Crippen molar-refractivity contribution >= 4 is 5.97 Å². The Morgan fingerprint density at radius 1 is 0.852 bits per heavy atom. The highest BCUT2D eigenvalue weighted by Crippen LogP contribution is 2.09. The molecule has 3 N–H and O–H groups in total. The summed E-state index contributed by atoms with van der Waals surface area (Å²) in [6.45, 7) is 4.33. The smallest absolute Gasteiger partial charge is 0.303 e. The van der Waals surface area contributed by atoms with Gasteiger partial charge in [0.05, 0.1) is 6.17 Å². The van der Waals surface area contributed by atoms with Gasteiger partial charge in [-0.1, -0.05) is 77.4 Å². The molecule has 0 fully saturated rings. The summed E-state index contributed by atoms with van der Waals surface area (Å²) in [6.07, 6.45) is 22.5. The Morgan fingerprint density at radius 3 is 1.67 bits per heavy atom. The van der Waals surface area contributed by atoms with Gasteiger partial charge in [-0.25, -0.2) is 0 Å². The molecule has 0 amide bonds. The van der Waals surface area contributed by atoms with Crippen LogP contribution in [0.2, 0.25) is 0 Å². The summed E-state index contributed by atoms with van der Waals surface area (Å²) in [6, 6.07) is 0. The first-order valence-electron chi connectivity index (χ1n) is 11.2. The van der Waals surface area contributed by atoms with Crippen LogP contribution in [0.25, 0.3) is 0 Å². The van der Waals surface area contributed by atoms with Crippen molar-refractivity contribution in [3.8, 4) is 0 Å². The molecular formula is C23H48N2O2. The molecule has 0 saturated carbocycles. The topological polar surface area (TPSA) is 66.6 Å². The molecule has 0 aromatic heterocycles. The van der Waals surface area contributed by atoms with Crippen molar-refractivity contribution in [2.24, 2.45) is 5.73 Å². The number of aliphatic carboxylic acids is 1. The van der Waals surface area contributed by atoms with Crippen LogP contribution in [0.1, 0.15) is 110 Å².